The van der Waals surface area contributed by atoms with E-state index in [2.05, 4.69) is 31.9 Å². The summed E-state index contributed by atoms with van der Waals surface area (Å²) in [6, 6.07) is 21.9. The number of morpholine rings is 1. The van der Waals surface area contributed by atoms with Crippen LogP contribution in [0.25, 0.3) is 33.5 Å². The van der Waals surface area contributed by atoms with Crippen molar-refractivity contribution in [3.63, 3.8) is 0 Å². The average Bonchev–Trinajstić information content (AvgIpc) is 3.98. The highest BCUT2D eigenvalue weighted by Crippen LogP contribution is 2.32. The molecule has 62 heavy (non-hydrogen) atoms. The molecular formula is C44H42F2N10O6. The zero-order chi connectivity index (χ0) is 42.9. The molecule has 16 nitrogen and oxygen atoms in total. The van der Waals surface area contributed by atoms with Crippen LogP contribution in [-0.2, 0) is 39.1 Å². The Labute approximate surface area is 352 Å². The van der Waals surface area contributed by atoms with Gasteiger partial charge in [-0.1, -0.05) is 48.5 Å². The third-order valence-electron chi connectivity index (χ3n) is 11.2. The summed E-state index contributed by atoms with van der Waals surface area (Å²) >= 11 is 0. The molecule has 7 aromatic rings. The summed E-state index contributed by atoms with van der Waals surface area (Å²) in [7, 11) is 1.69. The van der Waals surface area contributed by atoms with E-state index in [-0.39, 0.29) is 35.7 Å². The van der Waals surface area contributed by atoms with Crippen molar-refractivity contribution in [1.29, 1.82) is 0 Å². The lowest BCUT2D eigenvalue weighted by atomic mass is 9.99. The number of benzene rings is 3. The van der Waals surface area contributed by atoms with Crippen LogP contribution in [0.1, 0.15) is 58.9 Å². The Hall–Kier alpha value is -7.05. The van der Waals surface area contributed by atoms with Gasteiger partial charge in [0.15, 0.2) is 11.3 Å². The summed E-state index contributed by atoms with van der Waals surface area (Å²) in [5.41, 5.74) is 5.03. The molecule has 1 unspecified atom stereocenters. The molecule has 1 atom stereocenters. The van der Waals surface area contributed by atoms with Gasteiger partial charge in [0.25, 0.3) is 12.3 Å². The van der Waals surface area contributed by atoms with Crippen LogP contribution >= 0.6 is 0 Å². The van der Waals surface area contributed by atoms with Crippen molar-refractivity contribution in [2.75, 3.05) is 43.1 Å². The molecule has 0 bridgehead atoms. The number of fused-ring (bicyclic) bond motifs is 2. The zero-order valence-electron chi connectivity index (χ0n) is 33.7. The molecule has 0 aliphatic carbocycles. The minimum Gasteiger partial charge on any atom is -0.378 e. The quantitative estimate of drug-likeness (QED) is 0.113. The first-order valence-electron chi connectivity index (χ1n) is 20.3. The van der Waals surface area contributed by atoms with Gasteiger partial charge in [-0.25, -0.2) is 27.8 Å². The Bertz CT molecular complexity index is 2880. The minimum absolute atomic E-state index is 0.127. The standard InChI is InChI=1S/C44H42F2N10O6/c1-52-39-31(8-3-9-34(39)56(44(52)60)35-14-15-37(57)50-43(35)59)29-7-2-5-27(23-29)6-4-20-62-26-28-10-12-30(13-11-28)55-25-33(38(51-55)40(45)46)48-42(58)32-24-47-54-17-16-36(49-41(32)54)53-18-21-61-22-19-53/h2-3,5,7-13,16-17,23-25,35,40H,4,6,14-15,18-22,26H2,1H3,(H,48,58)(H,50,57,59). The molecule has 0 spiro atoms. The first kappa shape index (κ1) is 40.4. The van der Waals surface area contributed by atoms with Crippen LogP contribution < -0.4 is 21.2 Å². The van der Waals surface area contributed by atoms with Crippen LogP contribution in [-0.4, -0.2) is 84.1 Å². The molecule has 18 heteroatoms. The third kappa shape index (κ3) is 7.96. The van der Waals surface area contributed by atoms with Crippen molar-refractivity contribution in [2.45, 2.75) is 44.8 Å². The first-order chi connectivity index (χ1) is 30.1. The Morgan fingerprint density at radius 3 is 2.61 bits per heavy atom. The molecule has 9 rings (SSSR count). The molecule has 2 aliphatic rings. The number of nitrogens with one attached hydrogen (secondary N) is 2. The number of carbonyl (C=O) groups is 3. The van der Waals surface area contributed by atoms with Gasteiger partial charge in [0.1, 0.15) is 17.4 Å². The highest BCUT2D eigenvalue weighted by Gasteiger charge is 2.32. The second kappa shape index (κ2) is 17.1. The van der Waals surface area contributed by atoms with Gasteiger partial charge in [0.2, 0.25) is 11.8 Å². The minimum atomic E-state index is -2.94. The highest BCUT2D eigenvalue weighted by molar-refractivity contribution is 6.08. The SMILES string of the molecule is Cn1c(=O)n(C2CCC(=O)NC2=O)c2cccc(-c3cccc(CCCOCc4ccc(-n5cc(NC(=O)c6cnn7ccc(N8CCOCC8)nc67)c(C(F)F)n5)cc4)c3)c21. The van der Waals surface area contributed by atoms with Crippen LogP contribution in [0.5, 0.6) is 0 Å². The van der Waals surface area contributed by atoms with E-state index in [0.29, 0.717) is 67.7 Å². The van der Waals surface area contributed by atoms with E-state index in [1.807, 2.05) is 53.4 Å². The number of anilines is 2. The maximum absolute atomic E-state index is 14.2. The molecule has 2 saturated heterocycles. The number of hydrogen-bond donors (Lipinski definition) is 2. The van der Waals surface area contributed by atoms with Crippen LogP contribution in [0, 0.1) is 0 Å². The molecule has 4 aromatic heterocycles. The third-order valence-corrected chi connectivity index (χ3v) is 11.2. The number of imidazole rings is 1. The van der Waals surface area contributed by atoms with Crippen molar-refractivity contribution >= 4 is 45.9 Å². The fourth-order valence-electron chi connectivity index (χ4n) is 8.06. The van der Waals surface area contributed by atoms with E-state index in [1.54, 1.807) is 36.0 Å². The number of carbonyl (C=O) groups excluding carboxylic acids is 3. The van der Waals surface area contributed by atoms with Crippen LogP contribution in [0.4, 0.5) is 20.3 Å². The lowest BCUT2D eigenvalue weighted by Crippen LogP contribution is -2.44. The lowest BCUT2D eigenvalue weighted by molar-refractivity contribution is -0.135. The summed E-state index contributed by atoms with van der Waals surface area (Å²) in [6.07, 6.45) is 3.39. The largest absolute Gasteiger partial charge is 0.378 e. The smallest absolute Gasteiger partial charge is 0.329 e. The summed E-state index contributed by atoms with van der Waals surface area (Å²) < 4.78 is 45.6. The normalized spacial score (nSPS) is 15.8. The molecule has 6 heterocycles. The zero-order valence-corrected chi connectivity index (χ0v) is 33.7. The Morgan fingerprint density at radius 2 is 1.82 bits per heavy atom. The number of amides is 3. The predicted molar refractivity (Wildman–Crippen MR) is 225 cm³/mol. The van der Waals surface area contributed by atoms with E-state index in [0.717, 1.165) is 35.1 Å². The Morgan fingerprint density at radius 1 is 1.02 bits per heavy atom. The number of aromatic nitrogens is 7. The number of alkyl halides is 2. The molecule has 0 saturated carbocycles. The van der Waals surface area contributed by atoms with Gasteiger partial charge < -0.3 is 19.7 Å². The monoisotopic (exact) mass is 844 g/mol. The molecule has 0 radical (unpaired) electrons. The molecule has 318 valence electrons. The highest BCUT2D eigenvalue weighted by atomic mass is 19.3. The van der Waals surface area contributed by atoms with Crippen LogP contribution in [0.3, 0.4) is 0 Å². The molecule has 3 aromatic carbocycles. The summed E-state index contributed by atoms with van der Waals surface area (Å²) in [5.74, 6) is -0.788. The van der Waals surface area contributed by atoms with Gasteiger partial charge in [-0.05, 0) is 60.2 Å². The van der Waals surface area contributed by atoms with Crippen molar-refractivity contribution < 1.29 is 32.6 Å². The number of halogens is 2. The lowest BCUT2D eigenvalue weighted by Gasteiger charge is -2.27. The van der Waals surface area contributed by atoms with Gasteiger partial charge in [0.05, 0.1) is 54.6 Å². The second-order valence-electron chi connectivity index (χ2n) is 15.2. The van der Waals surface area contributed by atoms with E-state index in [1.165, 1.54) is 26.2 Å². The number of nitrogens with zero attached hydrogens (tertiary/aromatic N) is 8. The number of hydrogen-bond acceptors (Lipinski definition) is 10. The summed E-state index contributed by atoms with van der Waals surface area (Å²) in [6.45, 7) is 3.27. The first-order valence-corrected chi connectivity index (χ1v) is 20.3. The van der Waals surface area contributed by atoms with Crippen LogP contribution in [0.2, 0.25) is 0 Å². The molecule has 2 aliphatic heterocycles. The Balaban J connectivity index is 0.812. The summed E-state index contributed by atoms with van der Waals surface area (Å²) in [4.78, 5) is 58.0. The van der Waals surface area contributed by atoms with Crippen molar-refractivity contribution in [2.24, 2.45) is 7.05 Å². The van der Waals surface area contributed by atoms with Gasteiger partial charge in [0, 0.05) is 44.9 Å². The molecule has 3 amide bonds. The number of aryl methyl sites for hydroxylation is 2. The predicted octanol–water partition coefficient (Wildman–Crippen LogP) is 5.39. The fraction of sp³-hybridized carbons (Fsp3) is 0.295. The second-order valence-corrected chi connectivity index (χ2v) is 15.2. The number of ether oxygens (including phenoxy) is 2. The van der Waals surface area contributed by atoms with Crippen molar-refractivity contribution in [1.82, 2.24) is 38.8 Å². The van der Waals surface area contributed by atoms with Gasteiger partial charge in [-0.15, -0.1) is 0 Å². The molecule has 2 fully saturated rings. The molecular weight excluding hydrogens is 803 g/mol. The van der Waals surface area contributed by atoms with Gasteiger partial charge in [-0.3, -0.25) is 28.8 Å². The maximum atomic E-state index is 14.2. The Kier molecular flexibility index (Phi) is 11.2. The maximum Gasteiger partial charge on any atom is 0.329 e. The number of rotatable bonds is 13. The fourth-order valence-corrected chi connectivity index (χ4v) is 8.06. The van der Waals surface area contributed by atoms with Crippen LogP contribution in [0.15, 0.2) is 96.2 Å². The van der Waals surface area contributed by atoms with E-state index < -0.39 is 30.0 Å². The average molecular weight is 845 g/mol. The number of imide groups is 1. The van der Waals surface area contributed by atoms with Gasteiger partial charge >= 0.3 is 5.69 Å². The van der Waals surface area contributed by atoms with Crippen molar-refractivity contribution in [3.05, 3.63) is 124 Å². The van der Waals surface area contributed by atoms with Gasteiger partial charge in [-0.2, -0.15) is 10.2 Å². The van der Waals surface area contributed by atoms with Crippen molar-refractivity contribution in [3.8, 4) is 16.8 Å². The van der Waals surface area contributed by atoms with E-state index in [9.17, 15) is 28.0 Å². The number of piperidine rings is 1. The topological polar surface area (TPSA) is 172 Å². The number of para-hydroxylation sites is 1. The molecule has 2 N–H and O–H groups in total. The van der Waals surface area contributed by atoms with E-state index >= 15 is 0 Å². The van der Waals surface area contributed by atoms with E-state index in [4.69, 9.17) is 9.47 Å². The summed E-state index contributed by atoms with van der Waals surface area (Å²) in [5, 5.41) is 13.3.